The third-order valence-corrected chi connectivity index (χ3v) is 4.88. The van der Waals surface area contributed by atoms with Gasteiger partial charge in [0.25, 0.3) is 5.91 Å². The Kier molecular flexibility index (Phi) is 5.99. The fourth-order valence-corrected chi connectivity index (χ4v) is 3.14. The monoisotopic (exact) mass is 381 g/mol. The molecule has 1 heterocycles. The van der Waals surface area contributed by atoms with E-state index in [4.69, 9.17) is 4.74 Å². The van der Waals surface area contributed by atoms with E-state index in [0.717, 1.165) is 22.5 Å². The molecule has 0 radical (unpaired) electrons. The molecule has 0 spiro atoms. The maximum absolute atomic E-state index is 12.8. The van der Waals surface area contributed by atoms with Gasteiger partial charge in [0.05, 0.1) is 24.1 Å². The summed E-state index contributed by atoms with van der Waals surface area (Å²) in [6.07, 6.45) is 0.572. The summed E-state index contributed by atoms with van der Waals surface area (Å²) in [7, 11) is 1.94. The number of carbonyl (C=O) groups is 2. The molecule has 2 amide bonds. The van der Waals surface area contributed by atoms with Crippen molar-refractivity contribution in [1.82, 2.24) is 0 Å². The van der Waals surface area contributed by atoms with Gasteiger partial charge >= 0.3 is 0 Å². The molecule has 6 heteroatoms. The lowest BCUT2D eigenvalue weighted by Crippen LogP contribution is -2.18. The van der Waals surface area contributed by atoms with Gasteiger partial charge in [-0.2, -0.15) is 0 Å². The van der Waals surface area contributed by atoms with E-state index >= 15 is 0 Å². The van der Waals surface area contributed by atoms with Crippen LogP contribution in [-0.2, 0) is 16.1 Å². The number of anilines is 3. The molecule has 0 atom stereocenters. The van der Waals surface area contributed by atoms with Crippen molar-refractivity contribution in [1.29, 1.82) is 0 Å². The van der Waals surface area contributed by atoms with Crippen LogP contribution in [0.1, 0.15) is 41.8 Å². The highest BCUT2D eigenvalue weighted by Crippen LogP contribution is 2.29. The number of nitrogens with zero attached hydrogens (tertiary/aromatic N) is 1. The first-order valence-corrected chi connectivity index (χ1v) is 9.51. The predicted molar refractivity (Wildman–Crippen MR) is 112 cm³/mol. The minimum absolute atomic E-state index is 0.0446. The standard InChI is InChI=1S/C22H27N3O3/c1-14(2)28-13-17-6-5-7-18(15(17)3)24-22(27)16-8-9-20-19(12-16)23-21(26)10-11-25(20)4/h5-9,12,14H,10-11,13H2,1-4H3,(H,23,26)(H,24,27). The quantitative estimate of drug-likeness (QED) is 0.823. The van der Waals surface area contributed by atoms with Gasteiger partial charge in [-0.15, -0.1) is 0 Å². The van der Waals surface area contributed by atoms with E-state index in [1.165, 1.54) is 0 Å². The number of carbonyl (C=O) groups excluding carboxylic acids is 2. The lowest BCUT2D eigenvalue weighted by Gasteiger charge is -2.19. The van der Waals surface area contributed by atoms with Crippen LogP contribution in [0.3, 0.4) is 0 Å². The summed E-state index contributed by atoms with van der Waals surface area (Å²) in [5.74, 6) is -0.258. The molecule has 0 saturated heterocycles. The van der Waals surface area contributed by atoms with Crippen LogP contribution in [0.5, 0.6) is 0 Å². The molecule has 0 saturated carbocycles. The summed E-state index contributed by atoms with van der Waals surface area (Å²) in [4.78, 5) is 26.7. The zero-order valence-electron chi connectivity index (χ0n) is 16.8. The lowest BCUT2D eigenvalue weighted by molar-refractivity contribution is -0.115. The Morgan fingerprint density at radius 2 is 2.07 bits per heavy atom. The molecule has 2 aromatic rings. The molecule has 2 aromatic carbocycles. The molecular formula is C22H27N3O3. The van der Waals surface area contributed by atoms with Crippen molar-refractivity contribution in [2.24, 2.45) is 0 Å². The Balaban J connectivity index is 1.80. The molecule has 0 bridgehead atoms. The topological polar surface area (TPSA) is 70.7 Å². The fraction of sp³-hybridized carbons (Fsp3) is 0.364. The van der Waals surface area contributed by atoms with Crippen LogP contribution < -0.4 is 15.5 Å². The third-order valence-electron chi connectivity index (χ3n) is 4.88. The summed E-state index contributed by atoms with van der Waals surface area (Å²) < 4.78 is 5.69. The van der Waals surface area contributed by atoms with Crippen LogP contribution in [0, 0.1) is 6.92 Å². The zero-order valence-corrected chi connectivity index (χ0v) is 16.8. The van der Waals surface area contributed by atoms with Gasteiger partial charge in [0.2, 0.25) is 5.91 Å². The Labute approximate surface area is 165 Å². The minimum Gasteiger partial charge on any atom is -0.374 e. The fourth-order valence-electron chi connectivity index (χ4n) is 3.14. The second kappa shape index (κ2) is 8.44. The summed E-state index contributed by atoms with van der Waals surface area (Å²) in [5, 5.41) is 5.86. The maximum atomic E-state index is 12.8. The molecule has 0 unspecified atom stereocenters. The number of fused-ring (bicyclic) bond motifs is 1. The highest BCUT2D eigenvalue weighted by Gasteiger charge is 2.19. The van der Waals surface area contributed by atoms with E-state index < -0.39 is 0 Å². The van der Waals surface area contributed by atoms with Crippen molar-refractivity contribution in [3.63, 3.8) is 0 Å². The Bertz CT molecular complexity index is 893. The molecule has 1 aliphatic rings. The van der Waals surface area contributed by atoms with Crippen molar-refractivity contribution in [2.75, 3.05) is 29.1 Å². The summed E-state index contributed by atoms with van der Waals surface area (Å²) in [6.45, 7) is 7.12. The van der Waals surface area contributed by atoms with Gasteiger partial charge in [-0.05, 0) is 56.2 Å². The van der Waals surface area contributed by atoms with Gasteiger partial charge < -0.3 is 20.3 Å². The number of ether oxygens (including phenoxy) is 1. The van der Waals surface area contributed by atoms with Crippen LogP contribution >= 0.6 is 0 Å². The molecule has 0 fully saturated rings. The van der Waals surface area contributed by atoms with Crippen LogP contribution in [0.15, 0.2) is 36.4 Å². The third kappa shape index (κ3) is 4.51. The first-order valence-electron chi connectivity index (χ1n) is 9.51. The highest BCUT2D eigenvalue weighted by molar-refractivity contribution is 6.07. The second-order valence-electron chi connectivity index (χ2n) is 7.36. The summed E-state index contributed by atoms with van der Waals surface area (Å²) in [5.41, 5.74) is 4.85. The van der Waals surface area contributed by atoms with Crippen molar-refractivity contribution in [3.05, 3.63) is 53.1 Å². The van der Waals surface area contributed by atoms with Crippen LogP contribution in [0.2, 0.25) is 0 Å². The maximum Gasteiger partial charge on any atom is 0.255 e. The van der Waals surface area contributed by atoms with Crippen LogP contribution in [0.25, 0.3) is 0 Å². The Morgan fingerprint density at radius 1 is 1.29 bits per heavy atom. The summed E-state index contributed by atoms with van der Waals surface area (Å²) >= 11 is 0. The Hall–Kier alpha value is -2.86. The van der Waals surface area contributed by atoms with Gasteiger partial charge in [0.1, 0.15) is 0 Å². The van der Waals surface area contributed by atoms with Crippen molar-refractivity contribution < 1.29 is 14.3 Å². The van der Waals surface area contributed by atoms with Crippen molar-refractivity contribution in [3.8, 4) is 0 Å². The normalized spacial score (nSPS) is 13.8. The summed E-state index contributed by atoms with van der Waals surface area (Å²) in [6, 6.07) is 11.2. The molecule has 1 aliphatic heterocycles. The molecule has 148 valence electrons. The van der Waals surface area contributed by atoms with E-state index in [1.807, 2.05) is 57.0 Å². The van der Waals surface area contributed by atoms with Gasteiger partial charge in [-0.25, -0.2) is 0 Å². The molecule has 0 aromatic heterocycles. The number of hydrogen-bond donors (Lipinski definition) is 2. The van der Waals surface area contributed by atoms with Gasteiger partial charge in [-0.1, -0.05) is 12.1 Å². The molecule has 28 heavy (non-hydrogen) atoms. The first-order chi connectivity index (χ1) is 13.3. The smallest absolute Gasteiger partial charge is 0.255 e. The number of rotatable bonds is 5. The zero-order chi connectivity index (χ0) is 20.3. The van der Waals surface area contributed by atoms with Gasteiger partial charge in [-0.3, -0.25) is 9.59 Å². The minimum atomic E-state index is -0.214. The molecule has 3 rings (SSSR count). The SMILES string of the molecule is Cc1c(COC(C)C)cccc1NC(=O)c1ccc2c(c1)NC(=O)CCN2C. The van der Waals surface area contributed by atoms with Gasteiger partial charge in [0, 0.05) is 31.3 Å². The average Bonchev–Trinajstić information content (AvgIpc) is 2.80. The van der Waals surface area contributed by atoms with E-state index in [0.29, 0.717) is 30.8 Å². The first kappa shape index (κ1) is 19.9. The lowest BCUT2D eigenvalue weighted by atomic mass is 10.1. The molecule has 6 nitrogen and oxygen atoms in total. The highest BCUT2D eigenvalue weighted by atomic mass is 16.5. The molecular weight excluding hydrogens is 354 g/mol. The number of hydrogen-bond acceptors (Lipinski definition) is 4. The van der Waals surface area contributed by atoms with Crippen LogP contribution in [-0.4, -0.2) is 31.5 Å². The number of benzene rings is 2. The molecule has 2 N–H and O–H groups in total. The molecule has 0 aliphatic carbocycles. The van der Waals surface area contributed by atoms with E-state index in [1.54, 1.807) is 12.1 Å². The second-order valence-corrected chi connectivity index (χ2v) is 7.36. The van der Waals surface area contributed by atoms with Crippen molar-refractivity contribution >= 4 is 28.9 Å². The largest absolute Gasteiger partial charge is 0.374 e. The van der Waals surface area contributed by atoms with Crippen LogP contribution in [0.4, 0.5) is 17.1 Å². The van der Waals surface area contributed by atoms with Crippen molar-refractivity contribution in [2.45, 2.75) is 39.9 Å². The van der Waals surface area contributed by atoms with Gasteiger partial charge in [0.15, 0.2) is 0 Å². The van der Waals surface area contributed by atoms with E-state index in [9.17, 15) is 9.59 Å². The average molecular weight is 381 g/mol. The number of nitrogens with one attached hydrogen (secondary N) is 2. The Morgan fingerprint density at radius 3 is 2.82 bits per heavy atom. The van der Waals surface area contributed by atoms with E-state index in [2.05, 4.69) is 10.6 Å². The number of amides is 2. The van der Waals surface area contributed by atoms with E-state index in [-0.39, 0.29) is 17.9 Å². The predicted octanol–water partition coefficient (Wildman–Crippen LogP) is 3.95.